The molecule has 0 saturated heterocycles. The number of nitrogens with zero attached hydrogens (tertiary/aromatic N) is 1. The number of phenols is 1. The molecule has 4 heteroatoms. The van der Waals surface area contributed by atoms with E-state index in [1.807, 2.05) is 26.8 Å². The van der Waals surface area contributed by atoms with E-state index in [4.69, 9.17) is 5.26 Å². The number of hydrogen-bond donors (Lipinski definition) is 2. The highest BCUT2D eigenvalue weighted by Gasteiger charge is 2.41. The molecule has 0 amide bonds. The third kappa shape index (κ3) is 1.64. The number of carbonyl (C=O) groups is 1. The second-order valence-electron chi connectivity index (χ2n) is 6.83. The molecule has 2 N–H and O–H groups in total. The van der Waals surface area contributed by atoms with Crippen LogP contribution in [0.2, 0.25) is 0 Å². The molecule has 0 aliphatic heterocycles. The Kier molecular flexibility index (Phi) is 2.71. The van der Waals surface area contributed by atoms with Crippen LogP contribution in [-0.4, -0.2) is 15.9 Å². The molecular formula is C20H16N2O2. The van der Waals surface area contributed by atoms with Crippen LogP contribution in [0.4, 0.5) is 0 Å². The van der Waals surface area contributed by atoms with Gasteiger partial charge in [-0.3, -0.25) is 4.79 Å². The van der Waals surface area contributed by atoms with Crippen molar-refractivity contribution in [3.63, 3.8) is 0 Å². The van der Waals surface area contributed by atoms with Crippen molar-refractivity contribution in [2.75, 3.05) is 0 Å². The summed E-state index contributed by atoms with van der Waals surface area (Å²) in [6.07, 6.45) is 0. The van der Waals surface area contributed by atoms with Gasteiger partial charge >= 0.3 is 0 Å². The van der Waals surface area contributed by atoms with Gasteiger partial charge in [-0.15, -0.1) is 0 Å². The van der Waals surface area contributed by atoms with E-state index in [9.17, 15) is 9.90 Å². The highest BCUT2D eigenvalue weighted by atomic mass is 16.3. The van der Waals surface area contributed by atoms with Crippen LogP contribution >= 0.6 is 0 Å². The molecule has 0 fully saturated rings. The van der Waals surface area contributed by atoms with Gasteiger partial charge in [-0.1, -0.05) is 19.9 Å². The minimum Gasteiger partial charge on any atom is -0.508 e. The van der Waals surface area contributed by atoms with Gasteiger partial charge in [-0.05, 0) is 42.3 Å². The third-order valence-electron chi connectivity index (χ3n) is 5.09. The van der Waals surface area contributed by atoms with Gasteiger partial charge < -0.3 is 10.1 Å². The van der Waals surface area contributed by atoms with Crippen molar-refractivity contribution in [1.29, 1.82) is 5.26 Å². The Labute approximate surface area is 139 Å². The first-order valence-corrected chi connectivity index (χ1v) is 7.80. The standard InChI is InChI=1S/C20H16N2O2/c1-10-15(23)7-6-13-17(10)20(2,3)19-16(18(13)24)12-5-4-11(9-21)8-14(12)22-19/h4-8,22-23H,1-3H3. The summed E-state index contributed by atoms with van der Waals surface area (Å²) in [5, 5.41) is 20.0. The number of hydrogen-bond acceptors (Lipinski definition) is 3. The largest absolute Gasteiger partial charge is 0.508 e. The van der Waals surface area contributed by atoms with E-state index in [2.05, 4.69) is 11.1 Å². The van der Waals surface area contributed by atoms with Crippen molar-refractivity contribution in [3.8, 4) is 11.8 Å². The summed E-state index contributed by atoms with van der Waals surface area (Å²) in [6.45, 7) is 5.93. The van der Waals surface area contributed by atoms with E-state index in [0.717, 1.165) is 27.7 Å². The quantitative estimate of drug-likeness (QED) is 0.660. The van der Waals surface area contributed by atoms with Crippen molar-refractivity contribution in [1.82, 2.24) is 4.98 Å². The van der Waals surface area contributed by atoms with Crippen molar-refractivity contribution >= 4 is 16.7 Å². The SMILES string of the molecule is Cc1c(O)ccc2c1C(C)(C)c1[nH]c3cc(C#N)ccc3c1C2=O. The molecule has 4 nitrogen and oxygen atoms in total. The lowest BCUT2D eigenvalue weighted by Gasteiger charge is -2.33. The minimum absolute atomic E-state index is 0.0432. The normalized spacial score (nSPS) is 15.0. The van der Waals surface area contributed by atoms with Gasteiger partial charge in [0.05, 0.1) is 17.2 Å². The average Bonchev–Trinajstić information content (AvgIpc) is 2.95. The summed E-state index contributed by atoms with van der Waals surface area (Å²) < 4.78 is 0. The van der Waals surface area contributed by atoms with Crippen LogP contribution in [0.1, 0.15) is 52.2 Å². The lowest BCUT2D eigenvalue weighted by molar-refractivity contribution is 0.103. The Morgan fingerprint density at radius 3 is 2.67 bits per heavy atom. The van der Waals surface area contributed by atoms with Gasteiger partial charge in [0.1, 0.15) is 5.75 Å². The topological polar surface area (TPSA) is 76.9 Å². The zero-order valence-corrected chi connectivity index (χ0v) is 13.7. The Hall–Kier alpha value is -3.06. The van der Waals surface area contributed by atoms with Crippen LogP contribution in [-0.2, 0) is 5.41 Å². The van der Waals surface area contributed by atoms with Crippen LogP contribution in [0.25, 0.3) is 10.9 Å². The van der Waals surface area contributed by atoms with Crippen molar-refractivity contribution < 1.29 is 9.90 Å². The van der Waals surface area contributed by atoms with E-state index in [0.29, 0.717) is 16.7 Å². The van der Waals surface area contributed by atoms with Crippen LogP contribution in [0.5, 0.6) is 5.75 Å². The highest BCUT2D eigenvalue weighted by molar-refractivity contribution is 6.20. The van der Waals surface area contributed by atoms with E-state index < -0.39 is 5.41 Å². The molecule has 0 atom stereocenters. The maximum atomic E-state index is 13.1. The number of phenolic OH excluding ortho intramolecular Hbond substituents is 1. The number of nitrogens with one attached hydrogen (secondary N) is 1. The molecule has 4 rings (SSSR count). The Bertz CT molecular complexity index is 1080. The summed E-state index contributed by atoms with van der Waals surface area (Å²) in [5.74, 6) is 0.152. The van der Waals surface area contributed by atoms with Crippen LogP contribution in [0.15, 0.2) is 30.3 Å². The number of ketones is 1. The molecular weight excluding hydrogens is 300 g/mol. The second kappa shape index (κ2) is 4.48. The lowest BCUT2D eigenvalue weighted by atomic mass is 9.69. The zero-order chi connectivity index (χ0) is 17.2. The first kappa shape index (κ1) is 14.5. The van der Waals surface area contributed by atoms with Gasteiger partial charge in [0, 0.05) is 27.6 Å². The summed E-state index contributed by atoms with van der Waals surface area (Å²) in [7, 11) is 0. The minimum atomic E-state index is -0.451. The lowest BCUT2D eigenvalue weighted by Crippen LogP contribution is -2.31. The zero-order valence-electron chi connectivity index (χ0n) is 13.7. The molecule has 0 saturated carbocycles. The monoisotopic (exact) mass is 316 g/mol. The molecule has 1 aromatic heterocycles. The first-order chi connectivity index (χ1) is 11.4. The first-order valence-electron chi connectivity index (χ1n) is 7.80. The van der Waals surface area contributed by atoms with Gasteiger partial charge in [0.25, 0.3) is 0 Å². The Morgan fingerprint density at radius 2 is 1.96 bits per heavy atom. The van der Waals surface area contributed by atoms with Crippen molar-refractivity contribution in [3.05, 3.63) is 63.8 Å². The average molecular weight is 316 g/mol. The second-order valence-corrected chi connectivity index (χ2v) is 6.83. The maximum Gasteiger partial charge on any atom is 0.195 e. The Balaban J connectivity index is 2.12. The third-order valence-corrected chi connectivity index (χ3v) is 5.09. The number of benzene rings is 2. The smallest absolute Gasteiger partial charge is 0.195 e. The van der Waals surface area contributed by atoms with E-state index in [-0.39, 0.29) is 11.5 Å². The maximum absolute atomic E-state index is 13.1. The predicted molar refractivity (Wildman–Crippen MR) is 91.4 cm³/mol. The number of aromatic nitrogens is 1. The fourth-order valence-electron chi connectivity index (χ4n) is 3.93. The van der Waals surface area contributed by atoms with E-state index in [1.165, 1.54) is 0 Å². The van der Waals surface area contributed by atoms with E-state index >= 15 is 0 Å². The number of nitriles is 1. The van der Waals surface area contributed by atoms with E-state index in [1.54, 1.807) is 24.3 Å². The van der Waals surface area contributed by atoms with Crippen LogP contribution in [0, 0.1) is 18.3 Å². The molecule has 1 heterocycles. The molecule has 0 unspecified atom stereocenters. The van der Waals surface area contributed by atoms with Crippen LogP contribution in [0.3, 0.4) is 0 Å². The van der Waals surface area contributed by atoms with Gasteiger partial charge in [0.2, 0.25) is 0 Å². The number of H-pyrrole nitrogens is 1. The molecule has 3 aromatic rings. The summed E-state index contributed by atoms with van der Waals surface area (Å²) in [6, 6.07) is 10.7. The molecule has 1 aliphatic carbocycles. The molecule has 0 bridgehead atoms. The number of aromatic hydroxyl groups is 1. The molecule has 0 radical (unpaired) electrons. The van der Waals surface area contributed by atoms with Crippen molar-refractivity contribution in [2.45, 2.75) is 26.2 Å². The fraction of sp³-hybridized carbons (Fsp3) is 0.200. The fourth-order valence-corrected chi connectivity index (χ4v) is 3.93. The van der Waals surface area contributed by atoms with Gasteiger partial charge in [-0.25, -0.2) is 0 Å². The molecule has 2 aromatic carbocycles. The number of fused-ring (bicyclic) bond motifs is 4. The molecule has 0 spiro atoms. The van der Waals surface area contributed by atoms with Crippen LogP contribution < -0.4 is 0 Å². The summed E-state index contributed by atoms with van der Waals surface area (Å²) in [5.41, 5.74) is 4.60. The molecule has 1 aliphatic rings. The highest BCUT2D eigenvalue weighted by Crippen LogP contribution is 2.46. The predicted octanol–water partition coefficient (Wildman–Crippen LogP) is 3.92. The summed E-state index contributed by atoms with van der Waals surface area (Å²) >= 11 is 0. The number of carbonyl (C=O) groups excluding carboxylic acids is 1. The molecule has 118 valence electrons. The number of rotatable bonds is 0. The Morgan fingerprint density at radius 1 is 1.21 bits per heavy atom. The van der Waals surface area contributed by atoms with Crippen molar-refractivity contribution in [2.24, 2.45) is 0 Å². The summed E-state index contributed by atoms with van der Waals surface area (Å²) in [4.78, 5) is 16.5. The molecule has 24 heavy (non-hydrogen) atoms. The number of aromatic amines is 1. The van der Waals surface area contributed by atoms with Gasteiger partial charge in [-0.2, -0.15) is 5.26 Å². The van der Waals surface area contributed by atoms with Gasteiger partial charge in [0.15, 0.2) is 5.78 Å².